The lowest BCUT2D eigenvalue weighted by Gasteiger charge is -2.22. The summed E-state index contributed by atoms with van der Waals surface area (Å²) in [5.41, 5.74) is 1.40. The van der Waals surface area contributed by atoms with Crippen LogP contribution in [0.4, 0.5) is 4.39 Å². The topological polar surface area (TPSA) is 50.1 Å². The summed E-state index contributed by atoms with van der Waals surface area (Å²) in [5, 5.41) is 9.57. The van der Waals surface area contributed by atoms with Crippen molar-refractivity contribution in [3.8, 4) is 6.07 Å². The third-order valence-electron chi connectivity index (χ3n) is 3.69. The zero-order valence-corrected chi connectivity index (χ0v) is 13.3. The smallest absolute Gasteiger partial charge is 0.306 e. The molecule has 2 aromatic rings. The van der Waals surface area contributed by atoms with E-state index >= 15 is 0 Å². The number of carbonyl (C=O) groups excluding carboxylic acids is 1. The average Bonchev–Trinajstić information content (AvgIpc) is 2.58. The summed E-state index contributed by atoms with van der Waals surface area (Å²) in [6, 6.07) is 15.6. The second-order valence-electron chi connectivity index (χ2n) is 5.08. The first kappa shape index (κ1) is 17.0. The molecule has 0 fully saturated rings. The van der Waals surface area contributed by atoms with Crippen LogP contribution in [0.2, 0.25) is 5.02 Å². The fraction of sp³-hybridized carbons (Fsp3) is 0.222. The molecule has 0 saturated heterocycles. The SMILES string of the molecule is COC(=O)CC(c1ccccc1)C(C#N)c1ccc(F)c(Cl)c1. The summed E-state index contributed by atoms with van der Waals surface area (Å²) in [5.74, 6) is -2.01. The van der Waals surface area contributed by atoms with E-state index in [1.807, 2.05) is 30.3 Å². The molecule has 0 saturated carbocycles. The fourth-order valence-electron chi connectivity index (χ4n) is 2.49. The van der Waals surface area contributed by atoms with Gasteiger partial charge in [-0.15, -0.1) is 0 Å². The molecule has 0 aliphatic heterocycles. The van der Waals surface area contributed by atoms with Crippen molar-refractivity contribution >= 4 is 17.6 Å². The molecule has 5 heteroatoms. The van der Waals surface area contributed by atoms with Crippen LogP contribution >= 0.6 is 11.6 Å². The zero-order chi connectivity index (χ0) is 16.8. The normalized spacial score (nSPS) is 13.0. The van der Waals surface area contributed by atoms with E-state index in [0.717, 1.165) is 5.56 Å². The number of ether oxygens (including phenoxy) is 1. The van der Waals surface area contributed by atoms with Gasteiger partial charge in [0.1, 0.15) is 5.82 Å². The standard InChI is InChI=1S/C18H15ClFNO2/c1-23-18(22)10-14(12-5-3-2-4-6-12)15(11-21)13-7-8-17(20)16(19)9-13/h2-9,14-15H,10H2,1H3. The van der Waals surface area contributed by atoms with Gasteiger partial charge in [-0.25, -0.2) is 4.39 Å². The van der Waals surface area contributed by atoms with Crippen molar-refractivity contribution in [2.45, 2.75) is 18.3 Å². The molecule has 0 aliphatic carbocycles. The van der Waals surface area contributed by atoms with Gasteiger partial charge in [-0.1, -0.05) is 48.0 Å². The Morgan fingerprint density at radius 2 is 1.96 bits per heavy atom. The third-order valence-corrected chi connectivity index (χ3v) is 3.98. The van der Waals surface area contributed by atoms with Gasteiger partial charge in [0.15, 0.2) is 0 Å². The molecule has 0 heterocycles. The second kappa shape index (κ2) is 7.75. The van der Waals surface area contributed by atoms with E-state index in [4.69, 9.17) is 16.3 Å². The molecule has 2 rings (SSSR count). The van der Waals surface area contributed by atoms with Gasteiger partial charge in [-0.3, -0.25) is 4.79 Å². The number of methoxy groups -OCH3 is 1. The maximum absolute atomic E-state index is 13.4. The Balaban J connectivity index is 2.44. The van der Waals surface area contributed by atoms with Gasteiger partial charge in [0, 0.05) is 5.92 Å². The number of hydrogen-bond acceptors (Lipinski definition) is 3. The highest BCUT2D eigenvalue weighted by atomic mass is 35.5. The molecule has 0 aromatic heterocycles. The van der Waals surface area contributed by atoms with E-state index in [1.165, 1.54) is 25.3 Å². The first-order valence-electron chi connectivity index (χ1n) is 7.03. The van der Waals surface area contributed by atoms with Crippen molar-refractivity contribution in [1.82, 2.24) is 0 Å². The highest BCUT2D eigenvalue weighted by Crippen LogP contribution is 2.36. The molecule has 3 nitrogen and oxygen atoms in total. The minimum atomic E-state index is -0.644. The van der Waals surface area contributed by atoms with Gasteiger partial charge < -0.3 is 4.74 Å². The second-order valence-corrected chi connectivity index (χ2v) is 5.48. The lowest BCUT2D eigenvalue weighted by molar-refractivity contribution is -0.141. The largest absolute Gasteiger partial charge is 0.469 e. The molecule has 2 atom stereocenters. The van der Waals surface area contributed by atoms with Gasteiger partial charge in [0.2, 0.25) is 0 Å². The van der Waals surface area contributed by atoms with Gasteiger partial charge in [0.05, 0.1) is 30.5 Å². The van der Waals surface area contributed by atoms with Crippen LogP contribution < -0.4 is 0 Å². The summed E-state index contributed by atoms with van der Waals surface area (Å²) in [6.45, 7) is 0. The quantitative estimate of drug-likeness (QED) is 0.761. The van der Waals surface area contributed by atoms with Crippen LogP contribution in [-0.2, 0) is 9.53 Å². The lowest BCUT2D eigenvalue weighted by Crippen LogP contribution is -2.15. The molecular formula is C18H15ClFNO2. The van der Waals surface area contributed by atoms with E-state index in [1.54, 1.807) is 0 Å². The van der Waals surface area contributed by atoms with Crippen molar-refractivity contribution in [1.29, 1.82) is 5.26 Å². The molecule has 0 amide bonds. The van der Waals surface area contributed by atoms with Crippen molar-refractivity contribution in [2.75, 3.05) is 7.11 Å². The molecule has 23 heavy (non-hydrogen) atoms. The van der Waals surface area contributed by atoms with Crippen LogP contribution in [-0.4, -0.2) is 13.1 Å². The zero-order valence-electron chi connectivity index (χ0n) is 12.5. The molecule has 2 unspecified atom stereocenters. The predicted octanol–water partition coefficient (Wildman–Crippen LogP) is 4.43. The van der Waals surface area contributed by atoms with Gasteiger partial charge in [-0.05, 0) is 23.3 Å². The number of esters is 1. The van der Waals surface area contributed by atoms with Gasteiger partial charge in [0.25, 0.3) is 0 Å². The van der Waals surface area contributed by atoms with Crippen LogP contribution in [0.5, 0.6) is 0 Å². The van der Waals surface area contributed by atoms with Crippen LogP contribution in [0.1, 0.15) is 29.4 Å². The number of hydrogen-bond donors (Lipinski definition) is 0. The van der Waals surface area contributed by atoms with Crippen molar-refractivity contribution in [2.24, 2.45) is 0 Å². The highest BCUT2D eigenvalue weighted by molar-refractivity contribution is 6.30. The minimum absolute atomic E-state index is 0.0485. The molecule has 0 spiro atoms. The Kier molecular flexibility index (Phi) is 5.72. The van der Waals surface area contributed by atoms with Crippen LogP contribution in [0.15, 0.2) is 48.5 Å². The average molecular weight is 332 g/mol. The number of nitriles is 1. The fourth-order valence-corrected chi connectivity index (χ4v) is 2.68. The van der Waals surface area contributed by atoms with Crippen LogP contribution in [0.25, 0.3) is 0 Å². The number of nitrogens with zero attached hydrogens (tertiary/aromatic N) is 1. The minimum Gasteiger partial charge on any atom is -0.469 e. The maximum atomic E-state index is 13.4. The van der Waals surface area contributed by atoms with E-state index in [0.29, 0.717) is 5.56 Å². The summed E-state index contributed by atoms with van der Waals surface area (Å²) in [4.78, 5) is 11.8. The Labute approximate surface area is 139 Å². The number of rotatable bonds is 5. The number of benzene rings is 2. The van der Waals surface area contributed by atoms with Gasteiger partial charge in [-0.2, -0.15) is 5.26 Å². The first-order valence-corrected chi connectivity index (χ1v) is 7.41. The lowest BCUT2D eigenvalue weighted by atomic mass is 9.80. The predicted molar refractivity (Wildman–Crippen MR) is 85.6 cm³/mol. The van der Waals surface area contributed by atoms with Crippen LogP contribution in [0, 0.1) is 17.1 Å². The number of halogens is 2. The van der Waals surface area contributed by atoms with Crippen molar-refractivity contribution in [3.63, 3.8) is 0 Å². The monoisotopic (exact) mass is 331 g/mol. The Hall–Kier alpha value is -2.38. The van der Waals surface area contributed by atoms with E-state index in [2.05, 4.69) is 6.07 Å². The summed E-state index contributed by atoms with van der Waals surface area (Å²) in [6.07, 6.45) is 0.0493. The Morgan fingerprint density at radius 3 is 2.52 bits per heavy atom. The Bertz CT molecular complexity index is 728. The number of carbonyl (C=O) groups is 1. The molecule has 0 aliphatic rings. The summed E-state index contributed by atoms with van der Waals surface area (Å²) >= 11 is 5.82. The van der Waals surface area contributed by atoms with Crippen molar-refractivity contribution < 1.29 is 13.9 Å². The Morgan fingerprint density at radius 1 is 1.26 bits per heavy atom. The third kappa shape index (κ3) is 4.08. The van der Waals surface area contributed by atoms with E-state index in [9.17, 15) is 14.4 Å². The molecule has 2 aromatic carbocycles. The van der Waals surface area contributed by atoms with E-state index in [-0.39, 0.29) is 11.4 Å². The molecule has 0 N–H and O–H groups in total. The van der Waals surface area contributed by atoms with E-state index < -0.39 is 23.6 Å². The molecule has 118 valence electrons. The molecule has 0 radical (unpaired) electrons. The first-order chi connectivity index (χ1) is 11.1. The van der Waals surface area contributed by atoms with Gasteiger partial charge >= 0.3 is 5.97 Å². The maximum Gasteiger partial charge on any atom is 0.306 e. The van der Waals surface area contributed by atoms with Crippen LogP contribution in [0.3, 0.4) is 0 Å². The summed E-state index contributed by atoms with van der Waals surface area (Å²) < 4.78 is 18.1. The summed E-state index contributed by atoms with van der Waals surface area (Å²) in [7, 11) is 1.31. The molecular weight excluding hydrogens is 317 g/mol. The molecule has 0 bridgehead atoms. The van der Waals surface area contributed by atoms with Crippen molar-refractivity contribution in [3.05, 3.63) is 70.5 Å². The highest BCUT2D eigenvalue weighted by Gasteiger charge is 2.28.